The third-order valence-corrected chi connectivity index (χ3v) is 4.23. The molecule has 0 aliphatic carbocycles. The number of thioether (sulfide) groups is 1. The summed E-state index contributed by atoms with van der Waals surface area (Å²) in [5.74, 6) is 0.431. The number of aryl methyl sites for hydroxylation is 1. The van der Waals surface area contributed by atoms with Crippen molar-refractivity contribution in [2.75, 3.05) is 18.9 Å². The zero-order valence-corrected chi connectivity index (χ0v) is 14.3. The number of hydrazone groups is 1. The predicted octanol–water partition coefficient (Wildman–Crippen LogP) is 2.61. The van der Waals surface area contributed by atoms with Crippen LogP contribution in [0.25, 0.3) is 0 Å². The third-order valence-electron chi connectivity index (χ3n) is 3.32. The minimum Gasteiger partial charge on any atom is -0.462 e. The molecule has 0 saturated carbocycles. The number of aromatic amines is 1. The van der Waals surface area contributed by atoms with Crippen LogP contribution in [0.4, 0.5) is 0 Å². The van der Waals surface area contributed by atoms with E-state index >= 15 is 0 Å². The van der Waals surface area contributed by atoms with Gasteiger partial charge in [-0.2, -0.15) is 5.10 Å². The van der Waals surface area contributed by atoms with Crippen LogP contribution < -0.4 is 5.43 Å². The van der Waals surface area contributed by atoms with Crippen molar-refractivity contribution in [3.8, 4) is 0 Å². The van der Waals surface area contributed by atoms with Gasteiger partial charge in [0.1, 0.15) is 0 Å². The Morgan fingerprint density at radius 2 is 2.18 bits per heavy atom. The fourth-order valence-electron chi connectivity index (χ4n) is 2.29. The van der Waals surface area contributed by atoms with Gasteiger partial charge in [-0.3, -0.25) is 10.4 Å². The van der Waals surface area contributed by atoms with E-state index in [4.69, 9.17) is 4.74 Å². The molecule has 1 aliphatic heterocycles. The van der Waals surface area contributed by atoms with E-state index in [2.05, 4.69) is 27.4 Å². The number of aromatic nitrogens is 1. The highest BCUT2D eigenvalue weighted by atomic mass is 32.2. The molecule has 2 N–H and O–H groups in total. The summed E-state index contributed by atoms with van der Waals surface area (Å²) in [6.07, 6.45) is 1.01. The van der Waals surface area contributed by atoms with Crippen LogP contribution in [0.1, 0.15) is 47.6 Å². The average molecular weight is 322 g/mol. The van der Waals surface area contributed by atoms with Gasteiger partial charge >= 0.3 is 5.97 Å². The molecular weight excluding hydrogens is 300 g/mol. The number of amidine groups is 1. The molecular formula is C15H22N4O2S. The number of aliphatic imine (C=N–C) groups is 1. The molecule has 6 nitrogen and oxygen atoms in total. The topological polar surface area (TPSA) is 78.8 Å². The molecule has 0 spiro atoms. The van der Waals surface area contributed by atoms with Crippen molar-refractivity contribution >= 4 is 28.6 Å². The maximum Gasteiger partial charge on any atom is 0.340 e. The van der Waals surface area contributed by atoms with E-state index < -0.39 is 0 Å². The Hall–Kier alpha value is -1.76. The van der Waals surface area contributed by atoms with Gasteiger partial charge in [-0.25, -0.2) is 4.79 Å². The molecule has 2 rings (SSSR count). The predicted molar refractivity (Wildman–Crippen MR) is 90.9 cm³/mol. The minimum atomic E-state index is -0.290. The lowest BCUT2D eigenvalue weighted by Gasteiger charge is -2.14. The maximum absolute atomic E-state index is 12.0. The summed E-state index contributed by atoms with van der Waals surface area (Å²) in [6, 6.07) is 0. The van der Waals surface area contributed by atoms with Gasteiger partial charge in [0.25, 0.3) is 0 Å². The molecule has 1 aromatic rings. The third kappa shape index (κ3) is 3.52. The van der Waals surface area contributed by atoms with Crippen LogP contribution in [0.3, 0.4) is 0 Å². The molecule has 1 aliphatic rings. The summed E-state index contributed by atoms with van der Waals surface area (Å²) in [5.41, 5.74) is 7.04. The lowest BCUT2D eigenvalue weighted by Crippen LogP contribution is -2.26. The number of carbonyl (C=O) groups is 1. The Morgan fingerprint density at radius 3 is 2.77 bits per heavy atom. The zero-order valence-electron chi connectivity index (χ0n) is 13.4. The summed E-state index contributed by atoms with van der Waals surface area (Å²) in [6.45, 7) is 8.86. The standard InChI is InChI=1S/C15H22N4O2S/c1-5-7-16-15-19-18-11(8-22-15)13-9(3)12(10(4)17-13)14(20)21-6-2/h17H,5-8H2,1-4H3,(H,16,19). The van der Waals surface area contributed by atoms with E-state index in [1.54, 1.807) is 18.7 Å². The maximum atomic E-state index is 12.0. The number of hydrogen-bond acceptors (Lipinski definition) is 5. The SMILES string of the molecule is CCCN=C1NN=C(c2[nH]c(C)c(C(=O)OCC)c2C)CS1. The van der Waals surface area contributed by atoms with Gasteiger partial charge in [-0.15, -0.1) is 0 Å². The molecule has 22 heavy (non-hydrogen) atoms. The summed E-state index contributed by atoms with van der Waals surface area (Å²) < 4.78 is 5.11. The fraction of sp³-hybridized carbons (Fsp3) is 0.533. The van der Waals surface area contributed by atoms with Gasteiger partial charge in [-0.1, -0.05) is 18.7 Å². The second-order valence-corrected chi connectivity index (χ2v) is 5.96. The van der Waals surface area contributed by atoms with E-state index in [-0.39, 0.29) is 5.97 Å². The highest BCUT2D eigenvalue weighted by molar-refractivity contribution is 8.14. The van der Waals surface area contributed by atoms with Crippen LogP contribution in [0.2, 0.25) is 0 Å². The van der Waals surface area contributed by atoms with Gasteiger partial charge in [0.2, 0.25) is 0 Å². The first-order valence-corrected chi connectivity index (χ1v) is 8.43. The summed E-state index contributed by atoms with van der Waals surface area (Å²) in [7, 11) is 0. The van der Waals surface area contributed by atoms with Crippen LogP contribution in [0.5, 0.6) is 0 Å². The number of ether oxygens (including phenoxy) is 1. The van der Waals surface area contributed by atoms with Crippen molar-refractivity contribution < 1.29 is 9.53 Å². The number of H-pyrrole nitrogens is 1. The lowest BCUT2D eigenvalue weighted by atomic mass is 10.1. The van der Waals surface area contributed by atoms with Crippen molar-refractivity contribution in [2.45, 2.75) is 34.1 Å². The Kier molecular flexibility index (Phi) is 5.65. The van der Waals surface area contributed by atoms with Crippen molar-refractivity contribution in [2.24, 2.45) is 10.1 Å². The molecule has 0 radical (unpaired) electrons. The van der Waals surface area contributed by atoms with Crippen LogP contribution >= 0.6 is 11.8 Å². The van der Waals surface area contributed by atoms with Crippen LogP contribution in [-0.4, -0.2) is 40.7 Å². The number of hydrogen-bond donors (Lipinski definition) is 2. The average Bonchev–Trinajstić information content (AvgIpc) is 2.81. The number of nitrogens with zero attached hydrogens (tertiary/aromatic N) is 2. The molecule has 0 fully saturated rings. The van der Waals surface area contributed by atoms with Gasteiger partial charge in [0.15, 0.2) is 5.17 Å². The molecule has 0 saturated heterocycles. The van der Waals surface area contributed by atoms with Gasteiger partial charge in [-0.05, 0) is 32.8 Å². The second-order valence-electron chi connectivity index (χ2n) is 4.99. The molecule has 0 amide bonds. The minimum absolute atomic E-state index is 0.290. The van der Waals surface area contributed by atoms with Gasteiger partial charge in [0, 0.05) is 18.0 Å². The Labute approximate surface area is 134 Å². The van der Waals surface area contributed by atoms with E-state index in [1.807, 2.05) is 13.8 Å². The molecule has 2 heterocycles. The first-order chi connectivity index (χ1) is 10.6. The zero-order chi connectivity index (χ0) is 16.1. The Balaban J connectivity index is 2.22. The van der Waals surface area contributed by atoms with E-state index in [9.17, 15) is 4.79 Å². The van der Waals surface area contributed by atoms with Crippen LogP contribution in [0, 0.1) is 13.8 Å². The Morgan fingerprint density at radius 1 is 1.41 bits per heavy atom. The van der Waals surface area contributed by atoms with E-state index in [0.29, 0.717) is 12.2 Å². The van der Waals surface area contributed by atoms with Crippen molar-refractivity contribution in [3.05, 3.63) is 22.5 Å². The first kappa shape index (κ1) is 16.6. The highest BCUT2D eigenvalue weighted by Crippen LogP contribution is 2.22. The van der Waals surface area contributed by atoms with Crippen molar-refractivity contribution in [3.63, 3.8) is 0 Å². The summed E-state index contributed by atoms with van der Waals surface area (Å²) in [5, 5.41) is 5.23. The molecule has 120 valence electrons. The fourth-order valence-corrected chi connectivity index (χ4v) is 3.06. The quantitative estimate of drug-likeness (QED) is 0.817. The largest absolute Gasteiger partial charge is 0.462 e. The molecule has 1 aromatic heterocycles. The molecule has 7 heteroatoms. The molecule has 0 unspecified atom stereocenters. The highest BCUT2D eigenvalue weighted by Gasteiger charge is 2.23. The van der Waals surface area contributed by atoms with Gasteiger partial charge < -0.3 is 9.72 Å². The van der Waals surface area contributed by atoms with Crippen molar-refractivity contribution in [1.82, 2.24) is 10.4 Å². The first-order valence-electron chi connectivity index (χ1n) is 7.44. The lowest BCUT2D eigenvalue weighted by molar-refractivity contribution is 0.0525. The number of rotatable bonds is 5. The Bertz CT molecular complexity index is 619. The normalized spacial score (nSPS) is 16.4. The van der Waals surface area contributed by atoms with Crippen molar-refractivity contribution in [1.29, 1.82) is 0 Å². The number of esters is 1. The number of nitrogens with one attached hydrogen (secondary N) is 2. The summed E-state index contributed by atoms with van der Waals surface area (Å²) >= 11 is 1.62. The monoisotopic (exact) mass is 322 g/mol. The van der Waals surface area contributed by atoms with Gasteiger partial charge in [0.05, 0.1) is 23.6 Å². The van der Waals surface area contributed by atoms with E-state index in [1.165, 1.54) is 0 Å². The smallest absolute Gasteiger partial charge is 0.340 e. The molecule has 0 atom stereocenters. The second kappa shape index (κ2) is 7.49. The van der Waals surface area contributed by atoms with E-state index in [0.717, 1.165) is 46.5 Å². The van der Waals surface area contributed by atoms with Crippen LogP contribution in [-0.2, 0) is 4.74 Å². The molecule has 0 bridgehead atoms. The summed E-state index contributed by atoms with van der Waals surface area (Å²) in [4.78, 5) is 19.7. The van der Waals surface area contributed by atoms with Crippen LogP contribution in [0.15, 0.2) is 10.1 Å². The number of carbonyl (C=O) groups excluding carboxylic acids is 1. The molecule has 0 aromatic carbocycles.